The van der Waals surface area contributed by atoms with E-state index in [2.05, 4.69) is 5.32 Å². The van der Waals surface area contributed by atoms with Gasteiger partial charge in [0, 0.05) is 30.6 Å². The maximum atomic E-state index is 14.7. The Hall–Kier alpha value is -5.23. The summed E-state index contributed by atoms with van der Waals surface area (Å²) in [4.78, 5) is 41.1. The summed E-state index contributed by atoms with van der Waals surface area (Å²) >= 11 is 0. The molecule has 1 aliphatic rings. The van der Waals surface area contributed by atoms with Crippen LogP contribution in [0.15, 0.2) is 102 Å². The van der Waals surface area contributed by atoms with E-state index in [-0.39, 0.29) is 41.2 Å². The van der Waals surface area contributed by atoms with Crippen LogP contribution in [0.5, 0.6) is 5.75 Å². The Morgan fingerprint density at radius 1 is 0.920 bits per heavy atom. The van der Waals surface area contributed by atoms with Gasteiger partial charge in [-0.3, -0.25) is 24.0 Å². The van der Waals surface area contributed by atoms with Gasteiger partial charge in [0.1, 0.15) is 18.3 Å². The smallest absolute Gasteiger partial charge is 0.273 e. The van der Waals surface area contributed by atoms with Crippen molar-refractivity contribution in [2.24, 2.45) is 0 Å². The van der Waals surface area contributed by atoms with E-state index in [1.165, 1.54) is 43.2 Å². The molecule has 1 atom stereocenters. The number of carbonyl (C=O) groups excluding carboxylic acids is 2. The summed E-state index contributed by atoms with van der Waals surface area (Å²) in [5.74, 6) is -0.459. The van der Waals surface area contributed by atoms with Gasteiger partial charge >= 0.3 is 0 Å². The van der Waals surface area contributed by atoms with Crippen LogP contribution in [-0.2, 0) is 32.6 Å². The molecule has 0 aromatic heterocycles. The minimum atomic E-state index is -4.54. The molecule has 11 nitrogen and oxygen atoms in total. The van der Waals surface area contributed by atoms with Gasteiger partial charge in [-0.2, -0.15) is 0 Å². The first-order valence-corrected chi connectivity index (χ1v) is 18.0. The van der Waals surface area contributed by atoms with Crippen molar-refractivity contribution in [1.82, 2.24) is 10.2 Å². The number of amides is 2. The SMILES string of the molecule is COc1ccc(N(CC(=O)N(Cc2ccc(C)cc2)[C@@H](Cc2ccccc2)C(=O)NC2CCCC2)S(=O)(=O)c2ccc(C)c([N+](=O)[O-])c2)cc1. The van der Waals surface area contributed by atoms with Crippen molar-refractivity contribution in [2.45, 2.75) is 69.5 Å². The third-order valence-electron chi connectivity index (χ3n) is 9.05. The number of aryl methyl sites for hydroxylation is 2. The van der Waals surface area contributed by atoms with Crippen molar-refractivity contribution in [3.05, 3.63) is 129 Å². The van der Waals surface area contributed by atoms with E-state index in [9.17, 15) is 28.1 Å². The number of hydrogen-bond donors (Lipinski definition) is 1. The lowest BCUT2D eigenvalue weighted by Gasteiger charge is -2.34. The maximum Gasteiger partial charge on any atom is 0.273 e. The lowest BCUT2D eigenvalue weighted by Crippen LogP contribution is -2.54. The summed E-state index contributed by atoms with van der Waals surface area (Å²) < 4.78 is 35.0. The van der Waals surface area contributed by atoms with Crippen LogP contribution in [0.1, 0.15) is 47.9 Å². The second-order valence-corrected chi connectivity index (χ2v) is 14.5. The lowest BCUT2D eigenvalue weighted by atomic mass is 10.0. The van der Waals surface area contributed by atoms with Gasteiger partial charge in [-0.25, -0.2) is 8.42 Å². The van der Waals surface area contributed by atoms with Gasteiger partial charge in [0.2, 0.25) is 11.8 Å². The predicted octanol–water partition coefficient (Wildman–Crippen LogP) is 6.11. The minimum Gasteiger partial charge on any atom is -0.497 e. The number of nitrogens with one attached hydrogen (secondary N) is 1. The van der Waals surface area contributed by atoms with Gasteiger partial charge < -0.3 is 15.0 Å². The normalized spacial score (nSPS) is 13.7. The number of nitrogens with zero attached hydrogens (tertiary/aromatic N) is 3. The van der Waals surface area contributed by atoms with E-state index < -0.39 is 33.4 Å². The van der Waals surface area contributed by atoms with Crippen molar-refractivity contribution in [1.29, 1.82) is 0 Å². The molecule has 262 valence electrons. The number of hydrogen-bond acceptors (Lipinski definition) is 7. The fourth-order valence-corrected chi connectivity index (χ4v) is 7.60. The molecular weight excluding hydrogens is 657 g/mol. The minimum absolute atomic E-state index is 0.00870. The van der Waals surface area contributed by atoms with Gasteiger partial charge in [-0.05, 0) is 68.1 Å². The Bertz CT molecular complexity index is 1910. The Morgan fingerprint density at radius 3 is 2.20 bits per heavy atom. The van der Waals surface area contributed by atoms with Gasteiger partial charge in [-0.15, -0.1) is 0 Å². The van der Waals surface area contributed by atoms with Crippen LogP contribution in [0.3, 0.4) is 0 Å². The number of nitro groups is 1. The van der Waals surface area contributed by atoms with Crippen LogP contribution in [0.25, 0.3) is 0 Å². The molecule has 0 saturated heterocycles. The molecule has 4 aromatic carbocycles. The molecule has 0 heterocycles. The topological polar surface area (TPSA) is 139 Å². The number of anilines is 1. The third-order valence-corrected chi connectivity index (χ3v) is 10.8. The number of rotatable bonds is 14. The summed E-state index contributed by atoms with van der Waals surface area (Å²) in [6.07, 6.45) is 3.92. The van der Waals surface area contributed by atoms with Crippen LogP contribution in [-0.4, -0.2) is 55.8 Å². The van der Waals surface area contributed by atoms with Crippen molar-refractivity contribution in [3.63, 3.8) is 0 Å². The summed E-state index contributed by atoms with van der Waals surface area (Å²) in [7, 11) is -3.06. The molecule has 1 saturated carbocycles. The molecule has 0 unspecified atom stereocenters. The van der Waals surface area contributed by atoms with E-state index in [4.69, 9.17) is 4.74 Å². The lowest BCUT2D eigenvalue weighted by molar-refractivity contribution is -0.385. The van der Waals surface area contributed by atoms with Crippen molar-refractivity contribution >= 4 is 33.2 Å². The van der Waals surface area contributed by atoms with E-state index in [1.54, 1.807) is 12.1 Å². The summed E-state index contributed by atoms with van der Waals surface area (Å²) in [5, 5.41) is 14.9. The quantitative estimate of drug-likeness (QED) is 0.124. The summed E-state index contributed by atoms with van der Waals surface area (Å²) in [6.45, 7) is 2.84. The average molecular weight is 699 g/mol. The van der Waals surface area contributed by atoms with Crippen LogP contribution in [0.2, 0.25) is 0 Å². The van der Waals surface area contributed by atoms with E-state index >= 15 is 0 Å². The van der Waals surface area contributed by atoms with E-state index in [0.29, 0.717) is 11.3 Å². The zero-order valence-corrected chi connectivity index (χ0v) is 29.3. The fraction of sp³-hybridized carbons (Fsp3) is 0.316. The Kier molecular flexibility index (Phi) is 11.5. The number of sulfonamides is 1. The van der Waals surface area contributed by atoms with Gasteiger partial charge in [0.05, 0.1) is 22.6 Å². The van der Waals surface area contributed by atoms with E-state index in [0.717, 1.165) is 52.7 Å². The Balaban J connectivity index is 1.59. The molecule has 2 amide bonds. The molecule has 12 heteroatoms. The maximum absolute atomic E-state index is 14.7. The molecule has 0 spiro atoms. The monoisotopic (exact) mass is 698 g/mol. The summed E-state index contributed by atoms with van der Waals surface area (Å²) in [6, 6.07) is 25.8. The highest BCUT2D eigenvalue weighted by Gasteiger charge is 2.36. The molecule has 1 aliphatic carbocycles. The fourth-order valence-electron chi connectivity index (χ4n) is 6.16. The highest BCUT2D eigenvalue weighted by atomic mass is 32.2. The molecule has 0 radical (unpaired) electrons. The van der Waals surface area contributed by atoms with Crippen molar-refractivity contribution in [2.75, 3.05) is 18.0 Å². The Morgan fingerprint density at radius 2 is 1.58 bits per heavy atom. The van der Waals surface area contributed by atoms with Crippen LogP contribution in [0.4, 0.5) is 11.4 Å². The standard InChI is InChI=1S/C38H42N4O7S/c1-27-13-16-30(17-14-27)25-40(36(23-29-9-5-4-6-10-29)38(44)39-31-11-7-8-12-31)37(43)26-41(32-18-20-33(49-3)21-19-32)50(47,48)34-22-15-28(2)35(24-34)42(45)46/h4-6,9-10,13-22,24,31,36H,7-8,11-12,23,25-26H2,1-3H3,(H,39,44)/t36-/m0/s1. The largest absolute Gasteiger partial charge is 0.497 e. The highest BCUT2D eigenvalue weighted by molar-refractivity contribution is 7.92. The molecule has 1 N–H and O–H groups in total. The molecule has 0 aliphatic heterocycles. The van der Waals surface area contributed by atoms with Crippen LogP contribution < -0.4 is 14.4 Å². The van der Waals surface area contributed by atoms with Gasteiger partial charge in [-0.1, -0.05) is 79.1 Å². The number of benzene rings is 4. The number of carbonyl (C=O) groups is 2. The number of ether oxygens (including phenoxy) is 1. The second-order valence-electron chi connectivity index (χ2n) is 12.6. The number of methoxy groups -OCH3 is 1. The van der Waals surface area contributed by atoms with Crippen LogP contribution in [0, 0.1) is 24.0 Å². The molecule has 4 aromatic rings. The second kappa shape index (κ2) is 16.0. The van der Waals surface area contributed by atoms with E-state index in [1.807, 2.05) is 61.5 Å². The molecule has 1 fully saturated rings. The zero-order valence-electron chi connectivity index (χ0n) is 28.4. The number of nitro benzene ring substituents is 1. The highest BCUT2D eigenvalue weighted by Crippen LogP contribution is 2.30. The van der Waals surface area contributed by atoms with Crippen molar-refractivity contribution in [3.8, 4) is 5.75 Å². The molecule has 50 heavy (non-hydrogen) atoms. The third kappa shape index (κ3) is 8.67. The first kappa shape index (κ1) is 36.1. The van der Waals surface area contributed by atoms with Gasteiger partial charge in [0.25, 0.3) is 15.7 Å². The Labute approximate surface area is 293 Å². The first-order valence-electron chi connectivity index (χ1n) is 16.6. The zero-order chi connectivity index (χ0) is 35.8. The molecule has 0 bridgehead atoms. The average Bonchev–Trinajstić information content (AvgIpc) is 3.63. The molecular formula is C38H42N4O7S. The van der Waals surface area contributed by atoms with Crippen molar-refractivity contribution < 1.29 is 27.7 Å². The predicted molar refractivity (Wildman–Crippen MR) is 191 cm³/mol. The first-order chi connectivity index (χ1) is 24.0. The summed E-state index contributed by atoms with van der Waals surface area (Å²) in [5.41, 5.74) is 2.71. The van der Waals surface area contributed by atoms with Crippen LogP contribution >= 0.6 is 0 Å². The van der Waals surface area contributed by atoms with Gasteiger partial charge in [0.15, 0.2) is 0 Å². The molecule has 5 rings (SSSR count).